The number of primary amides is 1. The number of carbonyl (C=O) groups is 2. The Hall–Kier alpha value is -2.38. The van der Waals surface area contributed by atoms with Crippen LogP contribution in [0.3, 0.4) is 0 Å². The quantitative estimate of drug-likeness (QED) is 0.803. The summed E-state index contributed by atoms with van der Waals surface area (Å²) in [6.07, 6.45) is 1.59. The summed E-state index contributed by atoms with van der Waals surface area (Å²) in [4.78, 5) is 25.2. The van der Waals surface area contributed by atoms with Gasteiger partial charge in [0.25, 0.3) is 0 Å². The van der Waals surface area contributed by atoms with Gasteiger partial charge in [-0.1, -0.05) is 0 Å². The lowest BCUT2D eigenvalue weighted by molar-refractivity contribution is -0.118. The number of nitrogens with zero attached hydrogens (tertiary/aromatic N) is 4. The van der Waals surface area contributed by atoms with Crippen LogP contribution in [0.4, 0.5) is 10.6 Å². The highest BCUT2D eigenvalue weighted by Gasteiger charge is 2.22. The summed E-state index contributed by atoms with van der Waals surface area (Å²) in [5.74, 6) is 0.703. The van der Waals surface area contributed by atoms with Crippen molar-refractivity contribution < 1.29 is 14.7 Å². The van der Waals surface area contributed by atoms with Crippen molar-refractivity contribution >= 4 is 17.8 Å². The van der Waals surface area contributed by atoms with Gasteiger partial charge < -0.3 is 15.7 Å². The molecule has 0 atom stereocenters. The Labute approximate surface area is 135 Å². The largest absolute Gasteiger partial charge is 0.465 e. The lowest BCUT2D eigenvalue weighted by Crippen LogP contribution is -2.40. The topological polar surface area (TPSA) is 113 Å². The van der Waals surface area contributed by atoms with Gasteiger partial charge in [0, 0.05) is 19.6 Å². The van der Waals surface area contributed by atoms with E-state index in [1.165, 1.54) is 0 Å². The van der Waals surface area contributed by atoms with Crippen molar-refractivity contribution in [3.05, 3.63) is 17.8 Å². The smallest absolute Gasteiger partial charge is 0.407 e. The second-order valence-corrected chi connectivity index (χ2v) is 5.92. The van der Waals surface area contributed by atoms with E-state index in [0.717, 1.165) is 48.8 Å². The Morgan fingerprint density at radius 1 is 1.35 bits per heavy atom. The zero-order valence-corrected chi connectivity index (χ0v) is 13.3. The summed E-state index contributed by atoms with van der Waals surface area (Å²) in [6, 6.07) is 3.92. The predicted molar refractivity (Wildman–Crippen MR) is 85.1 cm³/mol. The summed E-state index contributed by atoms with van der Waals surface area (Å²) in [5, 5.41) is 17.3. The summed E-state index contributed by atoms with van der Waals surface area (Å²) in [5.41, 5.74) is 5.96. The Kier molecular flexibility index (Phi) is 5.72. The van der Waals surface area contributed by atoms with E-state index < -0.39 is 12.0 Å². The van der Waals surface area contributed by atoms with Gasteiger partial charge in [-0.3, -0.25) is 9.69 Å². The number of anilines is 1. The molecule has 0 radical (unpaired) electrons. The van der Waals surface area contributed by atoms with E-state index in [2.05, 4.69) is 15.1 Å². The third kappa shape index (κ3) is 5.08. The highest BCUT2D eigenvalue weighted by molar-refractivity contribution is 5.80. The van der Waals surface area contributed by atoms with E-state index in [1.54, 1.807) is 0 Å². The molecule has 3 N–H and O–H groups in total. The number of hydrogen-bond donors (Lipinski definition) is 2. The molecule has 0 aromatic carbocycles. The third-order valence-electron chi connectivity index (χ3n) is 4.15. The normalized spacial score (nSPS) is 15.4. The highest BCUT2D eigenvalue weighted by Crippen LogP contribution is 2.24. The molecule has 0 saturated carbocycles. The second-order valence-electron chi connectivity index (χ2n) is 5.92. The van der Waals surface area contributed by atoms with Gasteiger partial charge in [-0.05, 0) is 44.2 Å². The first-order chi connectivity index (χ1) is 11.0. The average Bonchev–Trinajstić information content (AvgIpc) is 2.52. The Morgan fingerprint density at radius 2 is 2.04 bits per heavy atom. The molecule has 1 aromatic rings. The molecule has 8 nitrogen and oxygen atoms in total. The minimum absolute atomic E-state index is 0.243. The highest BCUT2D eigenvalue weighted by atomic mass is 16.4. The Bertz CT molecular complexity index is 541. The Morgan fingerprint density at radius 3 is 2.57 bits per heavy atom. The minimum Gasteiger partial charge on any atom is -0.465 e. The maximum atomic E-state index is 11.1. The lowest BCUT2D eigenvalue weighted by atomic mass is 9.93. The van der Waals surface area contributed by atoms with Gasteiger partial charge in [-0.15, -0.1) is 5.10 Å². The maximum Gasteiger partial charge on any atom is 0.407 e. The summed E-state index contributed by atoms with van der Waals surface area (Å²) in [6.45, 7) is 3.76. The van der Waals surface area contributed by atoms with Crippen molar-refractivity contribution in [3.63, 3.8) is 0 Å². The van der Waals surface area contributed by atoms with Gasteiger partial charge in [0.1, 0.15) is 6.54 Å². The number of aryl methyl sites for hydroxylation is 1. The SMILES string of the molecule is Cc1ccc(N2CCC(CCN(CC(N)=O)C(=O)O)CC2)nn1. The van der Waals surface area contributed by atoms with Gasteiger partial charge >= 0.3 is 6.09 Å². The first-order valence-electron chi connectivity index (χ1n) is 7.77. The molecule has 1 fully saturated rings. The van der Waals surface area contributed by atoms with Gasteiger partial charge in [0.15, 0.2) is 5.82 Å². The third-order valence-corrected chi connectivity index (χ3v) is 4.15. The van der Waals surface area contributed by atoms with Gasteiger partial charge in [-0.2, -0.15) is 5.10 Å². The van der Waals surface area contributed by atoms with Crippen LogP contribution in [0.25, 0.3) is 0 Å². The van der Waals surface area contributed by atoms with Crippen molar-refractivity contribution in [1.29, 1.82) is 0 Å². The van der Waals surface area contributed by atoms with Crippen LogP contribution < -0.4 is 10.6 Å². The number of aromatic nitrogens is 2. The summed E-state index contributed by atoms with van der Waals surface area (Å²) in [7, 11) is 0. The predicted octanol–water partition coefficient (Wildman–Crippen LogP) is 0.857. The van der Waals surface area contributed by atoms with Crippen LogP contribution in [-0.4, -0.2) is 58.4 Å². The van der Waals surface area contributed by atoms with Gasteiger partial charge in [-0.25, -0.2) is 4.79 Å². The monoisotopic (exact) mass is 321 g/mol. The molecule has 2 heterocycles. The number of piperidine rings is 1. The minimum atomic E-state index is -1.10. The Balaban J connectivity index is 1.79. The summed E-state index contributed by atoms with van der Waals surface area (Å²) < 4.78 is 0. The number of carbonyl (C=O) groups excluding carboxylic acids is 1. The zero-order chi connectivity index (χ0) is 16.8. The van der Waals surface area contributed by atoms with Crippen LogP contribution in [0, 0.1) is 12.8 Å². The fourth-order valence-corrected chi connectivity index (χ4v) is 2.78. The number of rotatable bonds is 6. The van der Waals surface area contributed by atoms with E-state index in [9.17, 15) is 9.59 Å². The van der Waals surface area contributed by atoms with Crippen molar-refractivity contribution in [2.24, 2.45) is 11.7 Å². The van der Waals surface area contributed by atoms with Crippen LogP contribution >= 0.6 is 0 Å². The van der Waals surface area contributed by atoms with E-state index in [1.807, 2.05) is 19.1 Å². The molecule has 2 rings (SSSR count). The molecule has 1 aromatic heterocycles. The van der Waals surface area contributed by atoms with Crippen molar-refractivity contribution in [3.8, 4) is 0 Å². The molecule has 23 heavy (non-hydrogen) atoms. The van der Waals surface area contributed by atoms with Crippen LogP contribution in [0.5, 0.6) is 0 Å². The van der Waals surface area contributed by atoms with E-state index >= 15 is 0 Å². The van der Waals surface area contributed by atoms with Gasteiger partial charge in [0.2, 0.25) is 5.91 Å². The van der Waals surface area contributed by atoms with E-state index in [-0.39, 0.29) is 6.54 Å². The standard InChI is InChI=1S/C15H23N5O3/c1-11-2-3-14(18-17-11)19-7-4-12(5-8-19)6-9-20(15(22)23)10-13(16)21/h2-3,12H,4-10H2,1H3,(H2,16,21)(H,22,23). The van der Waals surface area contributed by atoms with Crippen molar-refractivity contribution in [1.82, 2.24) is 15.1 Å². The second kappa shape index (κ2) is 7.75. The van der Waals surface area contributed by atoms with Gasteiger partial charge in [0.05, 0.1) is 5.69 Å². The maximum absolute atomic E-state index is 11.1. The molecule has 126 valence electrons. The fraction of sp³-hybridized carbons (Fsp3) is 0.600. The molecule has 1 saturated heterocycles. The van der Waals surface area contributed by atoms with Crippen molar-refractivity contribution in [2.75, 3.05) is 31.1 Å². The molecular formula is C15H23N5O3. The first kappa shape index (κ1) is 17.0. The first-order valence-corrected chi connectivity index (χ1v) is 7.77. The van der Waals surface area contributed by atoms with Crippen LogP contribution in [-0.2, 0) is 4.79 Å². The molecule has 0 bridgehead atoms. The molecule has 1 aliphatic rings. The summed E-state index contributed by atoms with van der Waals surface area (Å²) >= 11 is 0. The number of carboxylic acid groups (broad SMARTS) is 1. The number of nitrogens with two attached hydrogens (primary N) is 1. The van der Waals surface area contributed by atoms with E-state index in [0.29, 0.717) is 12.5 Å². The van der Waals surface area contributed by atoms with Crippen LogP contribution in [0.1, 0.15) is 25.0 Å². The van der Waals surface area contributed by atoms with E-state index in [4.69, 9.17) is 10.8 Å². The van der Waals surface area contributed by atoms with Crippen LogP contribution in [0.2, 0.25) is 0 Å². The lowest BCUT2D eigenvalue weighted by Gasteiger charge is -2.33. The molecular weight excluding hydrogens is 298 g/mol. The average molecular weight is 321 g/mol. The number of hydrogen-bond acceptors (Lipinski definition) is 5. The molecule has 0 unspecified atom stereocenters. The van der Waals surface area contributed by atoms with Crippen molar-refractivity contribution in [2.45, 2.75) is 26.2 Å². The molecule has 1 aliphatic heterocycles. The molecule has 0 aliphatic carbocycles. The molecule has 0 spiro atoms. The molecule has 2 amide bonds. The van der Waals surface area contributed by atoms with Crippen LogP contribution in [0.15, 0.2) is 12.1 Å². The zero-order valence-electron chi connectivity index (χ0n) is 13.3. The fourth-order valence-electron chi connectivity index (χ4n) is 2.78. The number of amides is 2. The molecule has 8 heteroatoms.